The standard InChI is InChI=1S/C15H14F2N2O/c1-19(9-10-5-7-11(18)8-6-10)15(20)14-12(16)3-2-4-13(14)17/h2-8H,9,18H2,1H3. The van der Waals surface area contributed by atoms with Gasteiger partial charge in [-0.3, -0.25) is 4.79 Å². The molecule has 0 fully saturated rings. The Morgan fingerprint density at radius 3 is 2.20 bits per heavy atom. The van der Waals surface area contributed by atoms with Crippen molar-refractivity contribution in [1.29, 1.82) is 0 Å². The Balaban J connectivity index is 2.18. The third-order valence-corrected chi connectivity index (χ3v) is 2.92. The molecular formula is C15H14F2N2O. The van der Waals surface area contributed by atoms with Crippen LogP contribution >= 0.6 is 0 Å². The molecule has 2 N–H and O–H groups in total. The average molecular weight is 276 g/mol. The summed E-state index contributed by atoms with van der Waals surface area (Å²) in [7, 11) is 1.49. The molecule has 0 saturated heterocycles. The molecule has 0 aromatic heterocycles. The van der Waals surface area contributed by atoms with E-state index in [4.69, 9.17) is 5.73 Å². The molecule has 0 unspecified atom stereocenters. The van der Waals surface area contributed by atoms with Gasteiger partial charge >= 0.3 is 0 Å². The van der Waals surface area contributed by atoms with Crippen molar-refractivity contribution in [3.63, 3.8) is 0 Å². The fraction of sp³-hybridized carbons (Fsp3) is 0.133. The Hall–Kier alpha value is -2.43. The molecule has 5 heteroatoms. The van der Waals surface area contributed by atoms with Gasteiger partial charge in [0, 0.05) is 19.3 Å². The van der Waals surface area contributed by atoms with Crippen molar-refractivity contribution in [2.24, 2.45) is 0 Å². The maximum atomic E-state index is 13.5. The number of benzene rings is 2. The summed E-state index contributed by atoms with van der Waals surface area (Å²) < 4.78 is 27.1. The van der Waals surface area contributed by atoms with Crippen molar-refractivity contribution in [3.8, 4) is 0 Å². The first-order valence-corrected chi connectivity index (χ1v) is 6.03. The van der Waals surface area contributed by atoms with E-state index in [1.54, 1.807) is 24.3 Å². The molecule has 0 saturated carbocycles. The van der Waals surface area contributed by atoms with Gasteiger partial charge < -0.3 is 10.6 Å². The minimum Gasteiger partial charge on any atom is -0.399 e. The number of hydrogen-bond acceptors (Lipinski definition) is 2. The molecule has 0 aliphatic rings. The van der Waals surface area contributed by atoms with E-state index in [1.165, 1.54) is 18.0 Å². The van der Waals surface area contributed by atoms with Crippen LogP contribution in [0.4, 0.5) is 14.5 Å². The number of amides is 1. The van der Waals surface area contributed by atoms with Gasteiger partial charge in [-0.1, -0.05) is 18.2 Å². The van der Waals surface area contributed by atoms with E-state index in [2.05, 4.69) is 0 Å². The van der Waals surface area contributed by atoms with E-state index in [0.29, 0.717) is 5.69 Å². The molecule has 104 valence electrons. The highest BCUT2D eigenvalue weighted by atomic mass is 19.1. The Kier molecular flexibility index (Phi) is 3.98. The number of nitrogen functional groups attached to an aromatic ring is 1. The van der Waals surface area contributed by atoms with E-state index < -0.39 is 23.1 Å². The van der Waals surface area contributed by atoms with Crippen LogP contribution in [0.2, 0.25) is 0 Å². The quantitative estimate of drug-likeness (QED) is 0.876. The van der Waals surface area contributed by atoms with Crippen molar-refractivity contribution < 1.29 is 13.6 Å². The summed E-state index contributed by atoms with van der Waals surface area (Å²) in [5.74, 6) is -2.42. The topological polar surface area (TPSA) is 46.3 Å². The minimum atomic E-state index is -0.862. The maximum absolute atomic E-state index is 13.5. The molecule has 0 heterocycles. The molecule has 0 radical (unpaired) electrons. The van der Waals surface area contributed by atoms with E-state index >= 15 is 0 Å². The highest BCUT2D eigenvalue weighted by molar-refractivity contribution is 5.94. The van der Waals surface area contributed by atoms with Crippen LogP contribution in [0.3, 0.4) is 0 Å². The molecule has 2 aromatic rings. The number of hydrogen-bond donors (Lipinski definition) is 1. The summed E-state index contributed by atoms with van der Waals surface area (Å²) in [6.45, 7) is 0.243. The number of nitrogens with two attached hydrogens (primary N) is 1. The fourth-order valence-electron chi connectivity index (χ4n) is 1.86. The molecule has 3 nitrogen and oxygen atoms in total. The molecule has 20 heavy (non-hydrogen) atoms. The summed E-state index contributed by atoms with van der Waals surface area (Å²) in [4.78, 5) is 13.3. The Morgan fingerprint density at radius 1 is 1.10 bits per heavy atom. The maximum Gasteiger partial charge on any atom is 0.259 e. The van der Waals surface area contributed by atoms with Crippen molar-refractivity contribution in [3.05, 3.63) is 65.2 Å². The summed E-state index contributed by atoms with van der Waals surface area (Å²) in [5, 5.41) is 0. The Bertz CT molecular complexity index is 606. The monoisotopic (exact) mass is 276 g/mol. The lowest BCUT2D eigenvalue weighted by Gasteiger charge is -2.18. The first-order chi connectivity index (χ1) is 9.49. The van der Waals surface area contributed by atoms with Gasteiger partial charge in [-0.25, -0.2) is 8.78 Å². The summed E-state index contributed by atoms with van der Waals surface area (Å²) in [5.41, 5.74) is 6.47. The lowest BCUT2D eigenvalue weighted by molar-refractivity contribution is 0.0775. The third kappa shape index (κ3) is 2.93. The predicted octanol–water partition coefficient (Wildman–Crippen LogP) is 2.82. The van der Waals surface area contributed by atoms with E-state index in [9.17, 15) is 13.6 Å². The van der Waals surface area contributed by atoms with Crippen LogP contribution in [-0.2, 0) is 6.54 Å². The van der Waals surface area contributed by atoms with Crippen LogP contribution in [0, 0.1) is 11.6 Å². The second-order valence-electron chi connectivity index (χ2n) is 4.50. The van der Waals surface area contributed by atoms with Crippen LogP contribution in [0.15, 0.2) is 42.5 Å². The molecule has 2 rings (SSSR count). The van der Waals surface area contributed by atoms with Crippen LogP contribution < -0.4 is 5.73 Å². The zero-order valence-corrected chi connectivity index (χ0v) is 10.9. The van der Waals surface area contributed by atoms with Crippen LogP contribution in [0.25, 0.3) is 0 Å². The molecule has 2 aromatic carbocycles. The normalized spacial score (nSPS) is 10.3. The summed E-state index contributed by atoms with van der Waals surface area (Å²) in [6.07, 6.45) is 0. The lowest BCUT2D eigenvalue weighted by atomic mass is 10.1. The van der Waals surface area contributed by atoms with E-state index in [0.717, 1.165) is 17.7 Å². The second-order valence-corrected chi connectivity index (χ2v) is 4.50. The largest absolute Gasteiger partial charge is 0.399 e. The number of nitrogens with zero attached hydrogens (tertiary/aromatic N) is 1. The van der Waals surface area contributed by atoms with Crippen molar-refractivity contribution >= 4 is 11.6 Å². The van der Waals surface area contributed by atoms with Gasteiger partial charge in [-0.05, 0) is 29.8 Å². The van der Waals surface area contributed by atoms with Crippen molar-refractivity contribution in [2.45, 2.75) is 6.54 Å². The third-order valence-electron chi connectivity index (χ3n) is 2.92. The van der Waals surface area contributed by atoms with E-state index in [-0.39, 0.29) is 6.54 Å². The molecule has 0 spiro atoms. The van der Waals surface area contributed by atoms with Crippen LogP contribution in [-0.4, -0.2) is 17.9 Å². The second kappa shape index (κ2) is 5.69. The molecule has 0 bridgehead atoms. The number of carbonyl (C=O) groups is 1. The first kappa shape index (κ1) is 14.0. The van der Waals surface area contributed by atoms with Gasteiger partial charge in [0.05, 0.1) is 0 Å². The number of rotatable bonds is 3. The van der Waals surface area contributed by atoms with Gasteiger partial charge in [-0.2, -0.15) is 0 Å². The Morgan fingerprint density at radius 2 is 1.65 bits per heavy atom. The SMILES string of the molecule is CN(Cc1ccc(N)cc1)C(=O)c1c(F)cccc1F. The molecule has 0 aliphatic heterocycles. The van der Waals surface area contributed by atoms with Crippen molar-refractivity contribution in [1.82, 2.24) is 4.90 Å². The van der Waals surface area contributed by atoms with Gasteiger partial charge in [-0.15, -0.1) is 0 Å². The van der Waals surface area contributed by atoms with Gasteiger partial charge in [0.15, 0.2) is 0 Å². The lowest BCUT2D eigenvalue weighted by Crippen LogP contribution is -2.28. The van der Waals surface area contributed by atoms with Gasteiger partial charge in [0.2, 0.25) is 0 Å². The predicted molar refractivity (Wildman–Crippen MR) is 73.0 cm³/mol. The zero-order chi connectivity index (χ0) is 14.7. The highest BCUT2D eigenvalue weighted by Gasteiger charge is 2.20. The summed E-state index contributed by atoms with van der Waals surface area (Å²) >= 11 is 0. The molecule has 0 aliphatic carbocycles. The number of anilines is 1. The van der Waals surface area contributed by atoms with E-state index in [1.807, 2.05) is 0 Å². The van der Waals surface area contributed by atoms with Crippen LogP contribution in [0.5, 0.6) is 0 Å². The summed E-state index contributed by atoms with van der Waals surface area (Å²) in [6, 6.07) is 10.3. The number of halogens is 2. The number of carbonyl (C=O) groups excluding carboxylic acids is 1. The molecule has 0 atom stereocenters. The zero-order valence-electron chi connectivity index (χ0n) is 10.9. The van der Waals surface area contributed by atoms with Crippen molar-refractivity contribution in [2.75, 3.05) is 12.8 Å². The first-order valence-electron chi connectivity index (χ1n) is 6.03. The highest BCUT2D eigenvalue weighted by Crippen LogP contribution is 2.16. The fourth-order valence-corrected chi connectivity index (χ4v) is 1.86. The molecular weight excluding hydrogens is 262 g/mol. The minimum absolute atomic E-state index is 0.243. The average Bonchev–Trinajstić information content (AvgIpc) is 2.41. The molecule has 1 amide bonds. The smallest absolute Gasteiger partial charge is 0.259 e. The Labute approximate surface area is 115 Å². The van der Waals surface area contributed by atoms with Gasteiger partial charge in [0.25, 0.3) is 5.91 Å². The van der Waals surface area contributed by atoms with Gasteiger partial charge in [0.1, 0.15) is 17.2 Å². The van der Waals surface area contributed by atoms with Crippen LogP contribution in [0.1, 0.15) is 15.9 Å².